The minimum atomic E-state index is -0.918. The molecule has 1 amide bonds. The zero-order valence-corrected chi connectivity index (χ0v) is 11.5. The van der Waals surface area contributed by atoms with Crippen molar-refractivity contribution in [1.82, 2.24) is 4.90 Å². The number of benzene rings is 1. The first-order valence-corrected chi connectivity index (χ1v) is 6.40. The van der Waals surface area contributed by atoms with Crippen molar-refractivity contribution in [2.75, 3.05) is 13.1 Å². The Kier molecular flexibility index (Phi) is 6.23. The van der Waals surface area contributed by atoms with E-state index in [0.29, 0.717) is 6.54 Å². The van der Waals surface area contributed by atoms with Crippen LogP contribution in [0.5, 0.6) is 0 Å². The molecule has 1 unspecified atom stereocenters. The van der Waals surface area contributed by atoms with Crippen molar-refractivity contribution in [2.24, 2.45) is 5.92 Å². The van der Waals surface area contributed by atoms with E-state index in [1.807, 2.05) is 30.3 Å². The van der Waals surface area contributed by atoms with Gasteiger partial charge < -0.3 is 10.0 Å². The lowest BCUT2D eigenvalue weighted by Crippen LogP contribution is -2.36. The first kappa shape index (κ1) is 15.7. The summed E-state index contributed by atoms with van der Waals surface area (Å²) in [5.41, 5.74) is 0.922. The lowest BCUT2D eigenvalue weighted by atomic mass is 10.1. The zero-order chi connectivity index (χ0) is 15.0. The number of carboxylic acid groups (broad SMARTS) is 1. The van der Waals surface area contributed by atoms with Crippen molar-refractivity contribution in [2.45, 2.75) is 6.92 Å². The van der Waals surface area contributed by atoms with Gasteiger partial charge in [-0.05, 0) is 11.6 Å². The first-order chi connectivity index (χ1) is 9.54. The van der Waals surface area contributed by atoms with Gasteiger partial charge in [-0.15, -0.1) is 6.58 Å². The van der Waals surface area contributed by atoms with E-state index in [2.05, 4.69) is 6.58 Å². The second-order valence-electron chi connectivity index (χ2n) is 4.52. The normalized spacial score (nSPS) is 12.1. The summed E-state index contributed by atoms with van der Waals surface area (Å²) in [5.74, 6) is -1.75. The number of hydrogen-bond donors (Lipinski definition) is 1. The summed E-state index contributed by atoms with van der Waals surface area (Å²) in [5, 5.41) is 8.91. The molecule has 20 heavy (non-hydrogen) atoms. The molecule has 0 heterocycles. The van der Waals surface area contributed by atoms with Gasteiger partial charge in [-0.1, -0.05) is 43.3 Å². The second-order valence-corrected chi connectivity index (χ2v) is 4.52. The van der Waals surface area contributed by atoms with Crippen LogP contribution in [0.1, 0.15) is 12.5 Å². The van der Waals surface area contributed by atoms with E-state index in [4.69, 9.17) is 5.11 Å². The molecule has 0 aliphatic heterocycles. The maximum absolute atomic E-state index is 12.1. The summed E-state index contributed by atoms with van der Waals surface area (Å²) >= 11 is 0. The monoisotopic (exact) mass is 273 g/mol. The second kappa shape index (κ2) is 7.94. The van der Waals surface area contributed by atoms with Crippen LogP contribution >= 0.6 is 0 Å². The largest absolute Gasteiger partial charge is 0.481 e. The minimum Gasteiger partial charge on any atom is -0.481 e. The summed E-state index contributed by atoms with van der Waals surface area (Å²) in [6.45, 7) is 5.66. The summed E-state index contributed by atoms with van der Waals surface area (Å²) in [4.78, 5) is 24.4. The van der Waals surface area contributed by atoms with Crippen molar-refractivity contribution in [3.8, 4) is 0 Å². The molecular formula is C16H19NO3. The Labute approximate surface area is 119 Å². The molecule has 106 valence electrons. The molecule has 1 aromatic rings. The van der Waals surface area contributed by atoms with Gasteiger partial charge in [-0.3, -0.25) is 9.59 Å². The molecule has 1 N–H and O–H groups in total. The molecule has 1 aromatic carbocycles. The molecule has 0 saturated heterocycles. The molecule has 1 rings (SSSR count). The van der Waals surface area contributed by atoms with Gasteiger partial charge in [-0.25, -0.2) is 0 Å². The number of aliphatic carboxylic acids is 1. The van der Waals surface area contributed by atoms with E-state index in [1.165, 1.54) is 11.0 Å². The van der Waals surface area contributed by atoms with Crippen molar-refractivity contribution in [3.05, 3.63) is 54.6 Å². The predicted molar refractivity (Wildman–Crippen MR) is 79.1 cm³/mol. The molecule has 0 aromatic heterocycles. The summed E-state index contributed by atoms with van der Waals surface area (Å²) in [6, 6.07) is 9.46. The lowest BCUT2D eigenvalue weighted by molar-refractivity contribution is -0.142. The van der Waals surface area contributed by atoms with Crippen LogP contribution in [-0.4, -0.2) is 35.0 Å². The average Bonchev–Trinajstić information content (AvgIpc) is 2.45. The molecule has 4 nitrogen and oxygen atoms in total. The smallest absolute Gasteiger partial charge is 0.308 e. The molecule has 0 bridgehead atoms. The third-order valence-electron chi connectivity index (χ3n) is 2.79. The molecule has 4 heteroatoms. The SMILES string of the molecule is C=CCN(CC(C)C(=O)O)C(=O)/C=C/c1ccccc1. The maximum Gasteiger partial charge on any atom is 0.308 e. The summed E-state index contributed by atoms with van der Waals surface area (Å²) in [7, 11) is 0. The quantitative estimate of drug-likeness (QED) is 0.613. The predicted octanol–water partition coefficient (Wildman–Crippen LogP) is 2.44. The Morgan fingerprint density at radius 3 is 2.55 bits per heavy atom. The molecule has 1 atom stereocenters. The first-order valence-electron chi connectivity index (χ1n) is 6.40. The zero-order valence-electron chi connectivity index (χ0n) is 11.5. The van der Waals surface area contributed by atoms with E-state index in [9.17, 15) is 9.59 Å². The number of amides is 1. The van der Waals surface area contributed by atoms with Crippen LogP contribution < -0.4 is 0 Å². The highest BCUT2D eigenvalue weighted by Gasteiger charge is 2.17. The van der Waals surface area contributed by atoms with Crippen LogP contribution in [-0.2, 0) is 9.59 Å². The van der Waals surface area contributed by atoms with Crippen LogP contribution in [0.4, 0.5) is 0 Å². The van der Waals surface area contributed by atoms with Crippen LogP contribution in [0.25, 0.3) is 6.08 Å². The van der Waals surface area contributed by atoms with Crippen LogP contribution in [0.2, 0.25) is 0 Å². The third-order valence-corrected chi connectivity index (χ3v) is 2.79. The fourth-order valence-corrected chi connectivity index (χ4v) is 1.66. The van der Waals surface area contributed by atoms with Gasteiger partial charge >= 0.3 is 5.97 Å². The third kappa shape index (κ3) is 5.10. The number of hydrogen-bond acceptors (Lipinski definition) is 2. The Morgan fingerprint density at radius 2 is 2.00 bits per heavy atom. The molecule has 0 fully saturated rings. The summed E-state index contributed by atoms with van der Waals surface area (Å²) < 4.78 is 0. The average molecular weight is 273 g/mol. The van der Waals surface area contributed by atoms with E-state index < -0.39 is 11.9 Å². The van der Waals surface area contributed by atoms with Gasteiger partial charge in [0.25, 0.3) is 0 Å². The molecular weight excluding hydrogens is 254 g/mol. The van der Waals surface area contributed by atoms with Gasteiger partial charge in [0, 0.05) is 19.2 Å². The maximum atomic E-state index is 12.1. The number of rotatable bonds is 7. The van der Waals surface area contributed by atoms with Crippen LogP contribution in [0.3, 0.4) is 0 Å². The number of nitrogens with zero attached hydrogens (tertiary/aromatic N) is 1. The van der Waals surface area contributed by atoms with Crippen molar-refractivity contribution in [3.63, 3.8) is 0 Å². The molecule has 0 saturated carbocycles. The molecule has 0 aliphatic carbocycles. The van der Waals surface area contributed by atoms with Crippen molar-refractivity contribution >= 4 is 18.0 Å². The van der Waals surface area contributed by atoms with Crippen molar-refractivity contribution in [1.29, 1.82) is 0 Å². The van der Waals surface area contributed by atoms with Crippen LogP contribution in [0, 0.1) is 5.92 Å². The number of carbonyl (C=O) groups is 2. The fraction of sp³-hybridized carbons (Fsp3) is 0.250. The standard InChI is InChI=1S/C16H19NO3/c1-3-11-17(12-13(2)16(19)20)15(18)10-9-14-7-5-4-6-8-14/h3-10,13H,1,11-12H2,2H3,(H,19,20)/b10-9+. The van der Waals surface area contributed by atoms with Gasteiger partial charge in [0.05, 0.1) is 5.92 Å². The van der Waals surface area contributed by atoms with Crippen molar-refractivity contribution < 1.29 is 14.7 Å². The topological polar surface area (TPSA) is 57.6 Å². The highest BCUT2D eigenvalue weighted by molar-refractivity contribution is 5.92. The van der Waals surface area contributed by atoms with E-state index >= 15 is 0 Å². The van der Waals surface area contributed by atoms with Gasteiger partial charge in [0.2, 0.25) is 5.91 Å². The molecule has 0 aliphatic rings. The Morgan fingerprint density at radius 1 is 1.35 bits per heavy atom. The van der Waals surface area contributed by atoms with Gasteiger partial charge in [0.15, 0.2) is 0 Å². The Hall–Kier alpha value is -2.36. The highest BCUT2D eigenvalue weighted by atomic mass is 16.4. The van der Waals surface area contributed by atoms with E-state index in [-0.39, 0.29) is 12.5 Å². The number of carboxylic acids is 1. The highest BCUT2D eigenvalue weighted by Crippen LogP contribution is 2.05. The van der Waals surface area contributed by atoms with E-state index in [1.54, 1.807) is 19.1 Å². The van der Waals surface area contributed by atoms with E-state index in [0.717, 1.165) is 5.56 Å². The molecule has 0 spiro atoms. The van der Waals surface area contributed by atoms with Gasteiger partial charge in [-0.2, -0.15) is 0 Å². The summed E-state index contributed by atoms with van der Waals surface area (Å²) in [6.07, 6.45) is 4.75. The fourth-order valence-electron chi connectivity index (χ4n) is 1.66. The Bertz CT molecular complexity index is 494. The van der Waals surface area contributed by atoms with Gasteiger partial charge in [0.1, 0.15) is 0 Å². The number of carbonyl (C=O) groups excluding carboxylic acids is 1. The minimum absolute atomic E-state index is 0.166. The lowest BCUT2D eigenvalue weighted by Gasteiger charge is -2.21. The molecule has 0 radical (unpaired) electrons. The van der Waals surface area contributed by atoms with Crippen LogP contribution in [0.15, 0.2) is 49.1 Å². The Balaban J connectivity index is 2.71.